The van der Waals surface area contributed by atoms with Crippen molar-refractivity contribution in [2.24, 2.45) is 10.8 Å². The summed E-state index contributed by atoms with van der Waals surface area (Å²) in [4.78, 5) is 0. The molecule has 200 valence electrons. The Morgan fingerprint density at radius 1 is 0.310 bits per heavy atom. The summed E-state index contributed by atoms with van der Waals surface area (Å²) in [6.45, 7) is 0. The van der Waals surface area contributed by atoms with E-state index in [4.69, 9.17) is 0 Å². The Morgan fingerprint density at radius 3 is 0.810 bits per heavy atom. The highest BCUT2D eigenvalue weighted by atomic mass is 14.7. The summed E-state index contributed by atoms with van der Waals surface area (Å²) in [5.74, 6) is 17.2. The average Bonchev–Trinajstić information content (AvgIpc) is 3.87. The lowest BCUT2D eigenvalue weighted by Gasteiger charge is -2.58. The second-order valence-electron chi connectivity index (χ2n) is 12.4. The Balaban J connectivity index is 1.12. The molecule has 0 spiro atoms. The van der Waals surface area contributed by atoms with E-state index in [9.17, 15) is 0 Å². The van der Waals surface area contributed by atoms with Gasteiger partial charge in [-0.15, -0.1) is 0 Å². The van der Waals surface area contributed by atoms with E-state index in [0.29, 0.717) is 0 Å². The fraction of sp³-hybridized carbons (Fsp3) is 0.143. The standard InChI is InChI=1S/C42H32/c1-2-14-29(13-1)41(39-35-21-9-5-17-31(35)32-18-6-10-22-36(32)39)25-27-42(28-26-41,30-15-3-4-16-30)40-37-23-11-7-19-33(37)34-20-8-12-24-38(34)40/h1-24H,25-28H2. The molecule has 5 saturated carbocycles. The van der Waals surface area contributed by atoms with Gasteiger partial charge in [0, 0.05) is 59.2 Å². The van der Waals surface area contributed by atoms with Crippen LogP contribution in [0, 0.1) is 133 Å². The van der Waals surface area contributed by atoms with Crippen LogP contribution in [0.3, 0.4) is 0 Å². The van der Waals surface area contributed by atoms with Gasteiger partial charge in [-0.05, 0) is 99.7 Å². The Hall–Kier alpha value is -2.08. The number of allylic oxidation sites excluding steroid dienone is 16. The van der Waals surface area contributed by atoms with Crippen LogP contribution in [0.5, 0.6) is 0 Å². The second-order valence-corrected chi connectivity index (χ2v) is 12.4. The van der Waals surface area contributed by atoms with Gasteiger partial charge in [0.1, 0.15) is 0 Å². The molecule has 20 radical (unpaired) electrons. The van der Waals surface area contributed by atoms with Gasteiger partial charge in [-0.2, -0.15) is 0 Å². The zero-order valence-corrected chi connectivity index (χ0v) is 23.7. The highest BCUT2D eigenvalue weighted by Gasteiger charge is 2.66. The molecule has 0 heteroatoms. The van der Waals surface area contributed by atoms with Crippen molar-refractivity contribution < 1.29 is 0 Å². The molecule has 0 aromatic rings. The van der Waals surface area contributed by atoms with Gasteiger partial charge in [-0.3, -0.25) is 0 Å². The lowest BCUT2D eigenvalue weighted by Crippen LogP contribution is -2.49. The van der Waals surface area contributed by atoms with Crippen LogP contribution in [0.1, 0.15) is 25.7 Å². The van der Waals surface area contributed by atoms with Crippen molar-refractivity contribution in [3.8, 4) is 0 Å². The highest BCUT2D eigenvalue weighted by molar-refractivity contribution is 5.81. The van der Waals surface area contributed by atoms with Crippen LogP contribution in [-0.4, -0.2) is 0 Å². The zero-order valence-electron chi connectivity index (χ0n) is 23.7. The molecule has 0 bridgehead atoms. The minimum absolute atomic E-state index is 0.0412. The fourth-order valence-corrected chi connectivity index (χ4v) is 8.92. The van der Waals surface area contributed by atoms with Crippen LogP contribution in [0.2, 0.25) is 0 Å². The van der Waals surface area contributed by atoms with Crippen LogP contribution in [0.15, 0.2) is 97.2 Å². The van der Waals surface area contributed by atoms with Crippen LogP contribution in [0.25, 0.3) is 0 Å². The predicted molar refractivity (Wildman–Crippen MR) is 170 cm³/mol. The van der Waals surface area contributed by atoms with Gasteiger partial charge in [0.2, 0.25) is 0 Å². The quantitative estimate of drug-likeness (QED) is 0.337. The van der Waals surface area contributed by atoms with E-state index in [1.165, 1.54) is 71.0 Å². The van der Waals surface area contributed by atoms with E-state index in [2.05, 4.69) is 149 Å². The van der Waals surface area contributed by atoms with E-state index in [-0.39, 0.29) is 10.8 Å². The zero-order chi connectivity index (χ0) is 27.7. The molecule has 9 aliphatic carbocycles. The van der Waals surface area contributed by atoms with Crippen molar-refractivity contribution in [2.45, 2.75) is 25.7 Å². The smallest absolute Gasteiger partial charge is 0.0209 e. The van der Waals surface area contributed by atoms with Crippen LogP contribution >= 0.6 is 0 Å². The van der Waals surface area contributed by atoms with E-state index in [1.807, 2.05) is 0 Å². The molecular weight excluding hydrogens is 504 g/mol. The molecule has 0 nitrogen and oxygen atoms in total. The SMILES string of the molecule is [CH]1[CH][CH][C](C2([C]3[C]4C=CC=C[C]4[C]4C=CC=C[C]43)CCC([C]3[CH][CH][CH][CH]3)([C]3[C]4C=CC=C[C]4[C]4C=CC=C[C]43)CC2)[CH]1. The lowest BCUT2D eigenvalue weighted by atomic mass is 9.45. The third kappa shape index (κ3) is 3.72. The highest BCUT2D eigenvalue weighted by Crippen LogP contribution is 2.75. The number of hydrogen-bond donors (Lipinski definition) is 0. The molecule has 0 N–H and O–H groups in total. The minimum Gasteiger partial charge on any atom is -0.0758 e. The van der Waals surface area contributed by atoms with Crippen molar-refractivity contribution in [1.82, 2.24) is 0 Å². The number of rotatable bonds is 4. The Morgan fingerprint density at radius 2 is 0.548 bits per heavy atom. The van der Waals surface area contributed by atoms with Crippen LogP contribution in [0.4, 0.5) is 0 Å². The first-order valence-electron chi connectivity index (χ1n) is 15.4. The molecule has 0 amide bonds. The third-order valence-electron chi connectivity index (χ3n) is 10.7. The monoisotopic (exact) mass is 536 g/mol. The Bertz CT molecular complexity index is 1100. The lowest BCUT2D eigenvalue weighted by molar-refractivity contribution is 0.132. The largest absolute Gasteiger partial charge is 0.0758 e. The maximum Gasteiger partial charge on any atom is 0.0209 e. The molecule has 9 aliphatic rings. The summed E-state index contributed by atoms with van der Waals surface area (Å²) < 4.78 is 0. The fourth-order valence-electron chi connectivity index (χ4n) is 8.92. The first kappa shape index (κ1) is 26.3. The van der Waals surface area contributed by atoms with Gasteiger partial charge < -0.3 is 0 Å². The maximum absolute atomic E-state index is 2.39. The first-order chi connectivity index (χ1) is 20.8. The summed E-state index contributed by atoms with van der Waals surface area (Å²) >= 11 is 0. The van der Waals surface area contributed by atoms with Crippen molar-refractivity contribution in [3.05, 3.63) is 220 Å². The van der Waals surface area contributed by atoms with Gasteiger partial charge in [-0.25, -0.2) is 0 Å². The maximum atomic E-state index is 2.39. The van der Waals surface area contributed by atoms with Crippen molar-refractivity contribution in [1.29, 1.82) is 0 Å². The summed E-state index contributed by atoms with van der Waals surface area (Å²) in [6, 6.07) is 0. The molecular formula is C42H32. The molecule has 42 heavy (non-hydrogen) atoms. The molecule has 9 rings (SSSR count). The number of fused-ring (bicyclic) bond motifs is 6. The molecule has 0 heterocycles. The molecule has 5 fully saturated rings. The number of hydrogen-bond acceptors (Lipinski definition) is 0. The van der Waals surface area contributed by atoms with Gasteiger partial charge in [0.25, 0.3) is 0 Å². The molecule has 0 saturated heterocycles. The van der Waals surface area contributed by atoms with Gasteiger partial charge in [0.15, 0.2) is 0 Å². The minimum atomic E-state index is -0.0412. The second kappa shape index (κ2) is 10.2. The summed E-state index contributed by atoms with van der Waals surface area (Å²) in [5, 5.41) is 0. The normalized spacial score (nSPS) is 37.5. The topological polar surface area (TPSA) is 0 Å². The molecule has 0 atom stereocenters. The summed E-state index contributed by atoms with van der Waals surface area (Å²) in [7, 11) is 0. The van der Waals surface area contributed by atoms with Crippen LogP contribution < -0.4 is 0 Å². The average molecular weight is 537 g/mol. The molecule has 0 aromatic heterocycles. The van der Waals surface area contributed by atoms with Crippen molar-refractivity contribution in [3.63, 3.8) is 0 Å². The van der Waals surface area contributed by atoms with E-state index in [0.717, 1.165) is 25.7 Å². The van der Waals surface area contributed by atoms with E-state index >= 15 is 0 Å². The molecule has 0 unspecified atom stereocenters. The Labute approximate surface area is 255 Å². The van der Waals surface area contributed by atoms with E-state index < -0.39 is 0 Å². The predicted octanol–water partition coefficient (Wildman–Crippen LogP) is 8.62. The van der Waals surface area contributed by atoms with Crippen LogP contribution in [-0.2, 0) is 0 Å². The van der Waals surface area contributed by atoms with Crippen molar-refractivity contribution >= 4 is 0 Å². The Kier molecular flexibility index (Phi) is 6.42. The summed E-state index contributed by atoms with van der Waals surface area (Å²) in [5.41, 5.74) is -0.0823. The third-order valence-corrected chi connectivity index (χ3v) is 10.7. The molecule has 0 aromatic carbocycles. The first-order valence-corrected chi connectivity index (χ1v) is 15.4. The van der Waals surface area contributed by atoms with Crippen molar-refractivity contribution in [2.75, 3.05) is 0 Å². The van der Waals surface area contributed by atoms with E-state index in [1.54, 1.807) is 0 Å². The van der Waals surface area contributed by atoms with Gasteiger partial charge in [0.05, 0.1) is 0 Å². The summed E-state index contributed by atoms with van der Waals surface area (Å²) in [6.07, 6.45) is 59.4. The van der Waals surface area contributed by atoms with Gasteiger partial charge >= 0.3 is 0 Å². The molecule has 0 aliphatic heterocycles. The van der Waals surface area contributed by atoms with Gasteiger partial charge in [-0.1, -0.05) is 97.2 Å².